The van der Waals surface area contributed by atoms with Crippen molar-refractivity contribution in [1.29, 1.82) is 0 Å². The van der Waals surface area contributed by atoms with Crippen molar-refractivity contribution in [1.82, 2.24) is 10.1 Å². The molecule has 1 aromatic rings. The van der Waals surface area contributed by atoms with Gasteiger partial charge in [0.2, 0.25) is 5.89 Å². The average molecular weight is 281 g/mol. The fourth-order valence-corrected chi connectivity index (χ4v) is 4.31. The van der Waals surface area contributed by atoms with Crippen molar-refractivity contribution in [2.45, 2.75) is 68.6 Å². The first-order valence-corrected chi connectivity index (χ1v) is 8.57. The van der Waals surface area contributed by atoms with Crippen LogP contribution in [0, 0.1) is 0 Å². The van der Waals surface area contributed by atoms with Crippen molar-refractivity contribution in [3.63, 3.8) is 0 Å². The molecule has 2 N–H and O–H groups in total. The second kappa shape index (κ2) is 5.83. The van der Waals surface area contributed by atoms with Gasteiger partial charge in [0, 0.05) is 0 Å². The second-order valence-electron chi connectivity index (χ2n) is 5.88. The van der Waals surface area contributed by atoms with E-state index in [4.69, 9.17) is 10.3 Å². The zero-order valence-corrected chi connectivity index (χ0v) is 12.3. The third-order valence-corrected chi connectivity index (χ3v) is 5.70. The first-order chi connectivity index (χ1) is 9.28. The first-order valence-electron chi connectivity index (χ1n) is 7.52. The van der Waals surface area contributed by atoms with Crippen LogP contribution in [0.1, 0.15) is 74.8 Å². The smallest absolute Gasteiger partial charge is 0.239 e. The summed E-state index contributed by atoms with van der Waals surface area (Å²) in [5, 5.41) is 4.60. The summed E-state index contributed by atoms with van der Waals surface area (Å²) < 4.78 is 5.50. The number of aromatic nitrogens is 2. The number of hydrogen-bond acceptors (Lipinski definition) is 5. The van der Waals surface area contributed by atoms with Gasteiger partial charge in [0.05, 0.1) is 10.8 Å². The van der Waals surface area contributed by atoms with Gasteiger partial charge in [-0.05, 0) is 31.4 Å². The Hall–Kier alpha value is -0.550. The van der Waals surface area contributed by atoms with E-state index < -0.39 is 0 Å². The summed E-state index contributed by atoms with van der Waals surface area (Å²) in [6.07, 6.45) is 10.6. The Morgan fingerprint density at radius 3 is 2.58 bits per heavy atom. The monoisotopic (exact) mass is 281 g/mol. The Kier molecular flexibility index (Phi) is 4.12. The van der Waals surface area contributed by atoms with Crippen LogP contribution in [0.4, 0.5) is 0 Å². The molecule has 1 unspecified atom stereocenters. The van der Waals surface area contributed by atoms with Gasteiger partial charge in [-0.2, -0.15) is 4.98 Å². The Bertz CT molecular complexity index is 407. The summed E-state index contributed by atoms with van der Waals surface area (Å²) in [6.45, 7) is 0. The van der Waals surface area contributed by atoms with Gasteiger partial charge < -0.3 is 10.3 Å². The van der Waals surface area contributed by atoms with Gasteiger partial charge >= 0.3 is 0 Å². The van der Waals surface area contributed by atoms with E-state index in [-0.39, 0.29) is 5.54 Å². The molecule has 2 heterocycles. The lowest BCUT2D eigenvalue weighted by Crippen LogP contribution is -2.37. The number of hydrogen-bond donors (Lipinski definition) is 1. The minimum absolute atomic E-state index is 0.350. The van der Waals surface area contributed by atoms with E-state index in [1.54, 1.807) is 0 Å². The van der Waals surface area contributed by atoms with Gasteiger partial charge in [0.1, 0.15) is 0 Å². The first kappa shape index (κ1) is 13.4. The zero-order valence-electron chi connectivity index (χ0n) is 11.4. The highest BCUT2D eigenvalue weighted by Gasteiger charge is 2.34. The topological polar surface area (TPSA) is 64.9 Å². The van der Waals surface area contributed by atoms with Gasteiger partial charge in [0.25, 0.3) is 0 Å². The van der Waals surface area contributed by atoms with Crippen LogP contribution in [0.25, 0.3) is 0 Å². The highest BCUT2D eigenvalue weighted by Crippen LogP contribution is 2.39. The van der Waals surface area contributed by atoms with Crippen LogP contribution in [0.3, 0.4) is 0 Å². The molecule has 106 valence electrons. The highest BCUT2D eigenvalue weighted by atomic mass is 32.2. The van der Waals surface area contributed by atoms with E-state index >= 15 is 0 Å². The van der Waals surface area contributed by atoms with Crippen molar-refractivity contribution >= 4 is 11.8 Å². The van der Waals surface area contributed by atoms with Gasteiger partial charge in [-0.15, -0.1) is 11.8 Å². The maximum atomic E-state index is 6.53. The SMILES string of the molecule is NC1(c2noc(C3CCCCS3)n2)CCCCCC1. The molecule has 19 heavy (non-hydrogen) atoms. The molecule has 1 saturated heterocycles. The number of thioether (sulfide) groups is 1. The molecule has 2 fully saturated rings. The number of nitrogens with zero attached hydrogens (tertiary/aromatic N) is 2. The Labute approximate surface area is 118 Å². The van der Waals surface area contributed by atoms with Gasteiger partial charge in [-0.3, -0.25) is 0 Å². The highest BCUT2D eigenvalue weighted by molar-refractivity contribution is 7.99. The van der Waals surface area contributed by atoms with Crippen molar-refractivity contribution in [2.24, 2.45) is 5.73 Å². The van der Waals surface area contributed by atoms with Crippen molar-refractivity contribution < 1.29 is 4.52 Å². The molecular formula is C14H23N3OS. The fraction of sp³-hybridized carbons (Fsp3) is 0.857. The van der Waals surface area contributed by atoms with Crippen LogP contribution < -0.4 is 5.73 Å². The van der Waals surface area contributed by atoms with Crippen LogP contribution in [0.5, 0.6) is 0 Å². The van der Waals surface area contributed by atoms with E-state index in [0.717, 1.165) is 31.0 Å². The normalized spacial score (nSPS) is 27.9. The molecule has 1 aliphatic carbocycles. The molecule has 2 aliphatic rings. The van der Waals surface area contributed by atoms with E-state index in [9.17, 15) is 0 Å². The lowest BCUT2D eigenvalue weighted by atomic mass is 9.91. The summed E-state index contributed by atoms with van der Waals surface area (Å²) in [5.41, 5.74) is 6.18. The summed E-state index contributed by atoms with van der Waals surface area (Å²) in [4.78, 5) is 4.65. The van der Waals surface area contributed by atoms with Crippen LogP contribution in [0.15, 0.2) is 4.52 Å². The Morgan fingerprint density at radius 1 is 1.11 bits per heavy atom. The second-order valence-corrected chi connectivity index (χ2v) is 7.19. The minimum Gasteiger partial charge on any atom is -0.338 e. The van der Waals surface area contributed by atoms with Crippen molar-refractivity contribution in [3.05, 3.63) is 11.7 Å². The molecule has 1 aromatic heterocycles. The lowest BCUT2D eigenvalue weighted by Gasteiger charge is -2.23. The van der Waals surface area contributed by atoms with Gasteiger partial charge in [-0.1, -0.05) is 37.3 Å². The molecule has 0 spiro atoms. The third kappa shape index (κ3) is 2.97. The molecule has 1 saturated carbocycles. The van der Waals surface area contributed by atoms with Gasteiger partial charge in [0.15, 0.2) is 5.82 Å². The number of nitrogens with two attached hydrogens (primary N) is 1. The van der Waals surface area contributed by atoms with Crippen LogP contribution >= 0.6 is 11.8 Å². The van der Waals surface area contributed by atoms with Crippen LogP contribution in [-0.4, -0.2) is 15.9 Å². The average Bonchev–Trinajstić information content (AvgIpc) is 2.85. The summed E-state index contributed by atoms with van der Waals surface area (Å²) >= 11 is 1.94. The van der Waals surface area contributed by atoms with E-state index in [0.29, 0.717) is 5.25 Å². The molecule has 0 radical (unpaired) electrons. The number of rotatable bonds is 2. The predicted molar refractivity (Wildman–Crippen MR) is 76.9 cm³/mol. The maximum absolute atomic E-state index is 6.53. The molecule has 1 atom stereocenters. The largest absolute Gasteiger partial charge is 0.338 e. The summed E-state index contributed by atoms with van der Waals surface area (Å²) in [5.74, 6) is 2.75. The molecule has 5 heteroatoms. The Balaban J connectivity index is 1.75. The standard InChI is InChI=1S/C14H23N3OS/c15-14(8-4-1-2-5-9-14)13-16-12(18-17-13)11-7-3-6-10-19-11/h11H,1-10,15H2. The zero-order chi connectivity index (χ0) is 13.1. The maximum Gasteiger partial charge on any atom is 0.239 e. The van der Waals surface area contributed by atoms with Crippen LogP contribution in [-0.2, 0) is 5.54 Å². The third-order valence-electron chi connectivity index (χ3n) is 4.34. The Morgan fingerprint density at radius 2 is 1.89 bits per heavy atom. The van der Waals surface area contributed by atoms with E-state index in [2.05, 4.69) is 10.1 Å². The molecule has 1 aliphatic heterocycles. The van der Waals surface area contributed by atoms with Crippen molar-refractivity contribution in [2.75, 3.05) is 5.75 Å². The lowest BCUT2D eigenvalue weighted by molar-refractivity contribution is 0.322. The van der Waals surface area contributed by atoms with Crippen molar-refractivity contribution in [3.8, 4) is 0 Å². The van der Waals surface area contributed by atoms with Crippen LogP contribution in [0.2, 0.25) is 0 Å². The molecule has 4 nitrogen and oxygen atoms in total. The fourth-order valence-electron chi connectivity index (χ4n) is 3.09. The van der Waals surface area contributed by atoms with E-state index in [1.165, 1.54) is 44.3 Å². The molecule has 0 amide bonds. The molecule has 0 aromatic carbocycles. The quantitative estimate of drug-likeness (QED) is 0.840. The van der Waals surface area contributed by atoms with Gasteiger partial charge in [-0.25, -0.2) is 0 Å². The summed E-state index contributed by atoms with van der Waals surface area (Å²) in [6, 6.07) is 0. The summed E-state index contributed by atoms with van der Waals surface area (Å²) in [7, 11) is 0. The van der Waals surface area contributed by atoms with E-state index in [1.807, 2.05) is 11.8 Å². The molecule has 0 bridgehead atoms. The molecule has 3 rings (SSSR count). The minimum atomic E-state index is -0.350. The molecular weight excluding hydrogens is 258 g/mol. The predicted octanol–water partition coefficient (Wildman–Crippen LogP) is 3.54.